The second-order valence-electron chi connectivity index (χ2n) is 4.70. The molecule has 102 valence electrons. The molecule has 0 saturated carbocycles. The zero-order valence-electron chi connectivity index (χ0n) is 10.8. The number of rotatable bonds is 2. The number of amides is 1. The Labute approximate surface area is 122 Å². The Morgan fingerprint density at radius 2 is 1.90 bits per heavy atom. The molecular weight excluding hydrogens is 274 g/mol. The quantitative estimate of drug-likeness (QED) is 0.916. The molecule has 2 aromatic rings. The SMILES string of the molecule is O=C(Nc1ccc(Cl)cc1)[C@H]1OCCc2ccccc21. The summed E-state index contributed by atoms with van der Waals surface area (Å²) in [6, 6.07) is 14.9. The fourth-order valence-corrected chi connectivity index (χ4v) is 2.48. The molecule has 0 radical (unpaired) electrons. The maximum absolute atomic E-state index is 12.3. The number of benzene rings is 2. The van der Waals surface area contributed by atoms with Gasteiger partial charge in [0.05, 0.1) is 6.61 Å². The van der Waals surface area contributed by atoms with E-state index in [-0.39, 0.29) is 5.91 Å². The molecule has 0 aliphatic carbocycles. The van der Waals surface area contributed by atoms with E-state index in [9.17, 15) is 4.79 Å². The molecule has 0 bridgehead atoms. The van der Waals surface area contributed by atoms with Gasteiger partial charge in [-0.2, -0.15) is 0 Å². The zero-order valence-corrected chi connectivity index (χ0v) is 11.6. The third-order valence-corrected chi connectivity index (χ3v) is 3.60. The van der Waals surface area contributed by atoms with Gasteiger partial charge in [0.1, 0.15) is 0 Å². The van der Waals surface area contributed by atoms with Gasteiger partial charge in [-0.05, 0) is 41.8 Å². The summed E-state index contributed by atoms with van der Waals surface area (Å²) in [5.41, 5.74) is 2.84. The lowest BCUT2D eigenvalue weighted by Crippen LogP contribution is -2.28. The van der Waals surface area contributed by atoms with E-state index in [2.05, 4.69) is 5.32 Å². The number of halogens is 1. The summed E-state index contributed by atoms with van der Waals surface area (Å²) >= 11 is 5.83. The lowest BCUT2D eigenvalue weighted by atomic mass is 9.97. The van der Waals surface area contributed by atoms with Crippen LogP contribution in [0.2, 0.25) is 5.02 Å². The largest absolute Gasteiger partial charge is 0.363 e. The van der Waals surface area contributed by atoms with Gasteiger partial charge < -0.3 is 10.1 Å². The minimum absolute atomic E-state index is 0.153. The minimum atomic E-state index is -0.546. The van der Waals surface area contributed by atoms with Crippen molar-refractivity contribution >= 4 is 23.2 Å². The maximum Gasteiger partial charge on any atom is 0.258 e. The van der Waals surface area contributed by atoms with Crippen LogP contribution in [0.4, 0.5) is 5.69 Å². The van der Waals surface area contributed by atoms with Crippen LogP contribution in [0, 0.1) is 0 Å². The van der Waals surface area contributed by atoms with E-state index >= 15 is 0 Å². The van der Waals surface area contributed by atoms with Crippen LogP contribution in [0.15, 0.2) is 48.5 Å². The van der Waals surface area contributed by atoms with Crippen molar-refractivity contribution < 1.29 is 9.53 Å². The van der Waals surface area contributed by atoms with Gasteiger partial charge in [0.25, 0.3) is 5.91 Å². The van der Waals surface area contributed by atoms with E-state index < -0.39 is 6.10 Å². The van der Waals surface area contributed by atoms with Gasteiger partial charge in [-0.15, -0.1) is 0 Å². The van der Waals surface area contributed by atoms with Crippen molar-refractivity contribution in [2.75, 3.05) is 11.9 Å². The summed E-state index contributed by atoms with van der Waals surface area (Å²) in [6.45, 7) is 0.565. The Hall–Kier alpha value is -1.84. The Balaban J connectivity index is 1.80. The minimum Gasteiger partial charge on any atom is -0.363 e. The number of carbonyl (C=O) groups excluding carboxylic acids is 1. The first-order valence-electron chi connectivity index (χ1n) is 6.50. The fourth-order valence-electron chi connectivity index (χ4n) is 2.35. The van der Waals surface area contributed by atoms with Gasteiger partial charge in [0.2, 0.25) is 0 Å². The van der Waals surface area contributed by atoms with Gasteiger partial charge in [-0.1, -0.05) is 35.9 Å². The average Bonchev–Trinajstić information content (AvgIpc) is 2.49. The molecule has 3 nitrogen and oxygen atoms in total. The molecule has 1 heterocycles. The molecule has 1 aliphatic rings. The summed E-state index contributed by atoms with van der Waals surface area (Å²) in [5.74, 6) is -0.153. The van der Waals surface area contributed by atoms with E-state index in [1.807, 2.05) is 24.3 Å². The molecule has 4 heteroatoms. The maximum atomic E-state index is 12.3. The van der Waals surface area contributed by atoms with E-state index in [0.29, 0.717) is 17.3 Å². The molecule has 0 saturated heterocycles. The molecule has 0 fully saturated rings. The average molecular weight is 288 g/mol. The Morgan fingerprint density at radius 1 is 1.15 bits per heavy atom. The van der Waals surface area contributed by atoms with Crippen molar-refractivity contribution in [3.63, 3.8) is 0 Å². The lowest BCUT2D eigenvalue weighted by Gasteiger charge is -2.25. The Kier molecular flexibility index (Phi) is 3.72. The third kappa shape index (κ3) is 2.69. The molecule has 0 aromatic heterocycles. The highest BCUT2D eigenvalue weighted by atomic mass is 35.5. The van der Waals surface area contributed by atoms with Crippen molar-refractivity contribution in [3.05, 3.63) is 64.7 Å². The number of ether oxygens (including phenoxy) is 1. The summed E-state index contributed by atoms with van der Waals surface area (Å²) in [5, 5.41) is 3.50. The highest BCUT2D eigenvalue weighted by molar-refractivity contribution is 6.30. The highest BCUT2D eigenvalue weighted by Crippen LogP contribution is 2.28. The van der Waals surface area contributed by atoms with Crippen molar-refractivity contribution in [1.82, 2.24) is 0 Å². The molecule has 1 amide bonds. The van der Waals surface area contributed by atoms with E-state index in [4.69, 9.17) is 16.3 Å². The molecule has 0 unspecified atom stereocenters. The molecule has 1 aliphatic heterocycles. The number of carbonyl (C=O) groups is 1. The fraction of sp³-hybridized carbons (Fsp3) is 0.188. The number of hydrogen-bond donors (Lipinski definition) is 1. The highest BCUT2D eigenvalue weighted by Gasteiger charge is 2.27. The van der Waals surface area contributed by atoms with Crippen molar-refractivity contribution in [3.8, 4) is 0 Å². The molecule has 0 spiro atoms. The smallest absolute Gasteiger partial charge is 0.258 e. The van der Waals surface area contributed by atoms with Gasteiger partial charge >= 0.3 is 0 Å². The molecule has 1 atom stereocenters. The van der Waals surface area contributed by atoms with E-state index in [1.54, 1.807) is 24.3 Å². The molecule has 2 aromatic carbocycles. The number of fused-ring (bicyclic) bond motifs is 1. The summed E-state index contributed by atoms with van der Waals surface area (Å²) in [6.07, 6.45) is 0.302. The van der Waals surface area contributed by atoms with Gasteiger partial charge in [-0.25, -0.2) is 0 Å². The van der Waals surface area contributed by atoms with Crippen LogP contribution in [0.1, 0.15) is 17.2 Å². The Bertz CT molecular complexity index is 625. The predicted molar refractivity (Wildman–Crippen MR) is 78.9 cm³/mol. The molecular formula is C16H14ClNO2. The van der Waals surface area contributed by atoms with Crippen molar-refractivity contribution in [1.29, 1.82) is 0 Å². The summed E-state index contributed by atoms with van der Waals surface area (Å²) < 4.78 is 5.62. The normalized spacial score (nSPS) is 17.4. The van der Waals surface area contributed by atoms with Crippen molar-refractivity contribution in [2.24, 2.45) is 0 Å². The monoisotopic (exact) mass is 287 g/mol. The van der Waals surface area contributed by atoms with Gasteiger partial charge in [-0.3, -0.25) is 4.79 Å². The molecule has 1 N–H and O–H groups in total. The van der Waals surface area contributed by atoms with Crippen LogP contribution in [-0.2, 0) is 16.0 Å². The second-order valence-corrected chi connectivity index (χ2v) is 5.13. The lowest BCUT2D eigenvalue weighted by molar-refractivity contribution is -0.128. The van der Waals surface area contributed by atoms with E-state index in [1.165, 1.54) is 5.56 Å². The van der Waals surface area contributed by atoms with Crippen LogP contribution < -0.4 is 5.32 Å². The first kappa shape index (κ1) is 13.2. The van der Waals surface area contributed by atoms with Gasteiger partial charge in [0.15, 0.2) is 6.10 Å². The number of anilines is 1. The molecule has 3 rings (SSSR count). The standard InChI is InChI=1S/C16H14ClNO2/c17-12-5-7-13(8-6-12)18-16(19)15-14-4-2-1-3-11(14)9-10-20-15/h1-8,15H,9-10H2,(H,18,19)/t15-/m0/s1. The number of nitrogens with one attached hydrogen (secondary N) is 1. The first-order chi connectivity index (χ1) is 9.74. The number of hydrogen-bond acceptors (Lipinski definition) is 2. The first-order valence-corrected chi connectivity index (χ1v) is 6.88. The van der Waals surface area contributed by atoms with Crippen LogP contribution in [-0.4, -0.2) is 12.5 Å². The third-order valence-electron chi connectivity index (χ3n) is 3.34. The van der Waals surface area contributed by atoms with Gasteiger partial charge in [0, 0.05) is 10.7 Å². The van der Waals surface area contributed by atoms with Crippen molar-refractivity contribution in [2.45, 2.75) is 12.5 Å². The summed E-state index contributed by atoms with van der Waals surface area (Å²) in [4.78, 5) is 12.3. The summed E-state index contributed by atoms with van der Waals surface area (Å²) in [7, 11) is 0. The topological polar surface area (TPSA) is 38.3 Å². The van der Waals surface area contributed by atoms with Crippen LogP contribution in [0.3, 0.4) is 0 Å². The van der Waals surface area contributed by atoms with E-state index in [0.717, 1.165) is 12.0 Å². The van der Waals surface area contributed by atoms with Crippen LogP contribution in [0.5, 0.6) is 0 Å². The van der Waals surface area contributed by atoms with Crippen LogP contribution in [0.25, 0.3) is 0 Å². The second kappa shape index (κ2) is 5.65. The predicted octanol–water partition coefficient (Wildman–Crippen LogP) is 3.59. The Morgan fingerprint density at radius 3 is 2.70 bits per heavy atom. The van der Waals surface area contributed by atoms with Crippen LogP contribution >= 0.6 is 11.6 Å². The molecule has 20 heavy (non-hydrogen) atoms. The zero-order chi connectivity index (χ0) is 13.9.